The zero-order chi connectivity index (χ0) is 61.7. The first-order chi connectivity index (χ1) is 42.2. The van der Waals surface area contributed by atoms with E-state index < -0.39 is 29.6 Å². The Morgan fingerprint density at radius 3 is 1.92 bits per heavy atom. The van der Waals surface area contributed by atoms with Crippen LogP contribution >= 0.6 is 0 Å². The molecule has 4 aliphatic carbocycles. The van der Waals surface area contributed by atoms with Gasteiger partial charge in [-0.05, 0) is 190 Å². The number of carbonyl (C=O) groups is 3. The number of benzene rings is 3. The van der Waals surface area contributed by atoms with Gasteiger partial charge in [0.15, 0.2) is 0 Å². The van der Waals surface area contributed by atoms with Crippen molar-refractivity contribution in [1.29, 1.82) is 0 Å². The number of β-amino-alcohol motifs (C(OH)–C–C–N with tert-alkyl or cyclic N) is 1. The van der Waals surface area contributed by atoms with Crippen molar-refractivity contribution < 1.29 is 43.5 Å². The number of fused-ring (bicyclic) bond motifs is 5. The number of likely N-dealkylation sites (tertiary alicyclic amines) is 1. The smallest absolute Gasteiger partial charge is 0.409 e. The topological polar surface area (TPSA) is 156 Å². The Kier molecular flexibility index (Phi) is 26.0. The van der Waals surface area contributed by atoms with Gasteiger partial charge in [-0.1, -0.05) is 159 Å². The molecule has 8 rings (SSSR count). The first-order valence-electron chi connectivity index (χ1n) is 34.7. The van der Waals surface area contributed by atoms with E-state index in [9.17, 15) is 24.6 Å². The molecule has 482 valence electrons. The third-order valence-electron chi connectivity index (χ3n) is 22.3. The summed E-state index contributed by atoms with van der Waals surface area (Å²) in [6.45, 7) is 11.4. The molecule has 5 fully saturated rings. The van der Waals surface area contributed by atoms with E-state index in [1.165, 1.54) is 109 Å². The summed E-state index contributed by atoms with van der Waals surface area (Å²) < 4.78 is 24.1. The van der Waals surface area contributed by atoms with Gasteiger partial charge < -0.3 is 44.7 Å². The molecule has 1 saturated heterocycles. The molecular weight excluding hydrogens is 1090 g/mol. The van der Waals surface area contributed by atoms with Gasteiger partial charge in [0.25, 0.3) is 0 Å². The van der Waals surface area contributed by atoms with Crippen LogP contribution in [0.2, 0.25) is 0 Å². The number of carbonyl (C=O) groups excluding carboxylic acids is 3. The number of aliphatic hydroxyl groups is 2. The Morgan fingerprint density at radius 2 is 1.28 bits per heavy atom. The van der Waals surface area contributed by atoms with Gasteiger partial charge in [-0.3, -0.25) is 9.59 Å². The summed E-state index contributed by atoms with van der Waals surface area (Å²) >= 11 is 0. The molecule has 4 saturated carbocycles. The predicted molar refractivity (Wildman–Crippen MR) is 348 cm³/mol. The van der Waals surface area contributed by atoms with Gasteiger partial charge in [-0.25, -0.2) is 4.79 Å². The van der Waals surface area contributed by atoms with E-state index in [0.29, 0.717) is 98.6 Å². The maximum atomic E-state index is 14.4. The summed E-state index contributed by atoms with van der Waals surface area (Å²) in [5.41, 5.74) is 1.98. The lowest BCUT2D eigenvalue weighted by Gasteiger charge is -2.62. The van der Waals surface area contributed by atoms with Gasteiger partial charge in [-0.2, -0.15) is 0 Å². The van der Waals surface area contributed by atoms with E-state index in [-0.39, 0.29) is 35.8 Å². The zero-order valence-corrected chi connectivity index (χ0v) is 54.5. The predicted octanol–water partition coefficient (Wildman–Crippen LogP) is 16.3. The second-order valence-corrected chi connectivity index (χ2v) is 27.9. The van der Waals surface area contributed by atoms with Crippen LogP contribution in [0.4, 0.5) is 4.79 Å². The van der Waals surface area contributed by atoms with Crippen LogP contribution in [0.5, 0.6) is 11.5 Å². The molecule has 87 heavy (non-hydrogen) atoms. The number of methoxy groups -OCH3 is 2. The molecule has 1 heterocycles. The molecule has 0 spiro atoms. The lowest BCUT2D eigenvalue weighted by atomic mass is 9.44. The Labute approximate surface area is 524 Å². The van der Waals surface area contributed by atoms with E-state index in [1.54, 1.807) is 14.2 Å². The molecular formula is C75H113N3O9. The van der Waals surface area contributed by atoms with Crippen molar-refractivity contribution >= 4 is 17.9 Å². The van der Waals surface area contributed by atoms with Crippen molar-refractivity contribution in [2.45, 2.75) is 250 Å². The molecule has 3 unspecified atom stereocenters. The highest BCUT2D eigenvalue weighted by molar-refractivity contribution is 5.77. The summed E-state index contributed by atoms with van der Waals surface area (Å²) in [5, 5.41) is 29.3. The standard InChI is InChI=1S/C75H113N3O9/c1-7-8-9-10-11-12-13-14-15-16-17-18-19-20-21-27-51-77-71(82)87-74(83)49-48-72(3)60(53-74)37-42-64-66-44-43-65(73(66,4)47-46-67(64)72)56(2)32-45-69(80)76-50-28-23-26-31-70(81)78-54-61(79)52-68(78)75(58-33-38-62(84-5)39-34-58,59-35-40-63(85-6)41-36-59)86-55-57-29-24-22-25-30-57/h14-15,22,24-25,29-30,33-36,38-41,56,60-61,64-68,79,83H,7-13,16-21,23,26-28,31-32,37,42-55H2,1-6H3,(H,76,80)(H,77,82)/t56-,60?,61?,64+,65-,66+,67+,68?,72+,73-,74+/m1/s1. The number of alkyl carbamates (subject to hydrolysis) is 1. The van der Waals surface area contributed by atoms with Crippen LogP contribution in [0.1, 0.15) is 237 Å². The molecule has 4 N–H and O–H groups in total. The summed E-state index contributed by atoms with van der Waals surface area (Å²) in [7, 11) is 3.28. The van der Waals surface area contributed by atoms with Crippen LogP contribution in [0.25, 0.3) is 0 Å². The molecule has 3 aromatic carbocycles. The summed E-state index contributed by atoms with van der Waals surface area (Å²) in [6, 6.07) is 25.2. The minimum Gasteiger partial charge on any atom is -0.497 e. The van der Waals surface area contributed by atoms with Gasteiger partial charge in [0.1, 0.15) is 17.1 Å². The first kappa shape index (κ1) is 68.0. The maximum Gasteiger partial charge on any atom is 0.409 e. The fraction of sp³-hybridized carbons (Fsp3) is 0.693. The zero-order valence-electron chi connectivity index (χ0n) is 54.5. The van der Waals surface area contributed by atoms with Crippen molar-refractivity contribution in [2.24, 2.45) is 46.3 Å². The van der Waals surface area contributed by atoms with Crippen LogP contribution in [-0.2, 0) is 31.3 Å². The Bertz CT molecular complexity index is 2530. The van der Waals surface area contributed by atoms with Crippen molar-refractivity contribution in [3.05, 3.63) is 108 Å². The number of hydrogen-bond acceptors (Lipinski definition) is 9. The van der Waals surface area contributed by atoms with E-state index in [4.69, 9.17) is 18.9 Å². The maximum absolute atomic E-state index is 14.4. The number of rotatable bonds is 35. The molecule has 12 heteroatoms. The van der Waals surface area contributed by atoms with E-state index >= 15 is 0 Å². The number of nitrogens with one attached hydrogen (secondary N) is 2. The quantitative estimate of drug-likeness (QED) is 0.0256. The second kappa shape index (κ2) is 33.2. The number of amides is 3. The van der Waals surface area contributed by atoms with Gasteiger partial charge in [0, 0.05) is 45.3 Å². The fourth-order valence-corrected chi connectivity index (χ4v) is 17.4. The summed E-state index contributed by atoms with van der Waals surface area (Å²) in [6.07, 6.45) is 34.6. The number of ether oxygens (including phenoxy) is 4. The van der Waals surface area contributed by atoms with E-state index in [1.807, 2.05) is 83.8 Å². The van der Waals surface area contributed by atoms with Gasteiger partial charge in [0.05, 0.1) is 33.0 Å². The molecule has 12 nitrogen and oxygen atoms in total. The minimum absolute atomic E-state index is 0.0218. The van der Waals surface area contributed by atoms with Gasteiger partial charge >= 0.3 is 6.09 Å². The van der Waals surface area contributed by atoms with Crippen LogP contribution in [0.3, 0.4) is 0 Å². The Morgan fingerprint density at radius 1 is 0.678 bits per heavy atom. The number of hydrogen-bond donors (Lipinski definition) is 4. The average molecular weight is 1200 g/mol. The number of nitrogens with zero attached hydrogens (tertiary/aromatic N) is 1. The fourth-order valence-electron chi connectivity index (χ4n) is 17.4. The molecule has 3 amide bonds. The highest BCUT2D eigenvalue weighted by atomic mass is 16.7. The molecule has 0 radical (unpaired) electrons. The number of allylic oxidation sites excluding steroid dienone is 2. The Balaban J connectivity index is 0.730. The highest BCUT2D eigenvalue weighted by Crippen LogP contribution is 2.69. The average Bonchev–Trinajstić information content (AvgIpc) is 1.79. The number of unbranched alkanes of at least 4 members (excludes halogenated alkanes) is 14. The SMILES string of the molecule is CCCCCCCCC=CCCCCCCCCNC(=O)O[C@@]1(O)CC[C@@]2(C)C(CC[C@H]3[C@@H]4CC[C@H]([C@H](C)CCC(=O)NCCCCCC(=O)N5CC(O)CC5C(OCc5ccccc5)(c5ccc(OC)cc5)c5ccc(OC)cc5)[C@@]4(C)CC[C@@H]32)C1. The van der Waals surface area contributed by atoms with Gasteiger partial charge in [-0.15, -0.1) is 0 Å². The highest BCUT2D eigenvalue weighted by Gasteiger charge is 2.62. The lowest BCUT2D eigenvalue weighted by molar-refractivity contribution is -0.232. The third-order valence-corrected chi connectivity index (χ3v) is 22.3. The summed E-state index contributed by atoms with van der Waals surface area (Å²) in [4.78, 5) is 42.7. The first-order valence-corrected chi connectivity index (χ1v) is 34.7. The lowest BCUT2D eigenvalue weighted by Crippen LogP contribution is -2.57. The van der Waals surface area contributed by atoms with Crippen LogP contribution < -0.4 is 20.1 Å². The largest absolute Gasteiger partial charge is 0.497 e. The van der Waals surface area contributed by atoms with Crippen molar-refractivity contribution in [3.63, 3.8) is 0 Å². The molecule has 5 aliphatic rings. The van der Waals surface area contributed by atoms with Gasteiger partial charge in [0.2, 0.25) is 17.6 Å². The van der Waals surface area contributed by atoms with Crippen LogP contribution in [-0.4, -0.2) is 84.8 Å². The third kappa shape index (κ3) is 17.7. The Hall–Kier alpha value is -4.91. The number of aliphatic hydroxyl groups excluding tert-OH is 1. The summed E-state index contributed by atoms with van der Waals surface area (Å²) in [5.74, 6) is 3.50. The molecule has 1 aliphatic heterocycles. The molecule has 0 aromatic heterocycles. The van der Waals surface area contributed by atoms with Crippen LogP contribution in [0.15, 0.2) is 91.0 Å². The van der Waals surface area contributed by atoms with E-state index in [0.717, 1.165) is 61.6 Å². The molecule has 0 bridgehead atoms. The van der Waals surface area contributed by atoms with Crippen molar-refractivity contribution in [3.8, 4) is 11.5 Å². The van der Waals surface area contributed by atoms with Crippen molar-refractivity contribution in [1.82, 2.24) is 15.5 Å². The van der Waals surface area contributed by atoms with Crippen molar-refractivity contribution in [2.75, 3.05) is 33.9 Å². The minimum atomic E-state index is -1.40. The van der Waals surface area contributed by atoms with Crippen LogP contribution in [0, 0.1) is 46.3 Å². The molecule has 3 aromatic rings. The van der Waals surface area contributed by atoms with E-state index in [2.05, 4.69) is 50.5 Å². The normalized spacial score (nSPS) is 27.3. The molecule has 11 atom stereocenters. The monoisotopic (exact) mass is 1200 g/mol. The second-order valence-electron chi connectivity index (χ2n) is 27.9.